The summed E-state index contributed by atoms with van der Waals surface area (Å²) in [5.74, 6) is 0.123. The summed E-state index contributed by atoms with van der Waals surface area (Å²) in [6.07, 6.45) is -1.51. The van der Waals surface area contributed by atoms with Crippen LogP contribution in [0.15, 0.2) is 60.5 Å². The second kappa shape index (κ2) is 13.0. The minimum absolute atomic E-state index is 0.00486. The average molecular weight is 621 g/mol. The van der Waals surface area contributed by atoms with Gasteiger partial charge in [-0.1, -0.05) is 18.7 Å². The van der Waals surface area contributed by atoms with Crippen LogP contribution in [0.3, 0.4) is 0 Å². The van der Waals surface area contributed by atoms with E-state index in [1.807, 2.05) is 17.0 Å². The van der Waals surface area contributed by atoms with Crippen molar-refractivity contribution in [1.82, 2.24) is 14.9 Å². The molecule has 3 heterocycles. The number of carbonyl (C=O) groups is 1. The molecule has 12 heteroatoms. The minimum Gasteiger partial charge on any atom is -0.391 e. The van der Waals surface area contributed by atoms with Crippen LogP contribution in [0, 0.1) is 17.8 Å². The van der Waals surface area contributed by atoms with Crippen molar-refractivity contribution in [2.24, 2.45) is 17.8 Å². The Morgan fingerprint density at radius 3 is 2.42 bits per heavy atom. The maximum Gasteiger partial charge on any atom is 0.416 e. The molecular formula is C31H39F3N4O4S. The number of halogens is 3. The predicted octanol–water partition coefficient (Wildman–Crippen LogP) is 4.16. The zero-order chi connectivity index (χ0) is 30.8. The molecule has 3 aliphatic heterocycles. The van der Waals surface area contributed by atoms with E-state index in [4.69, 9.17) is 0 Å². The summed E-state index contributed by atoms with van der Waals surface area (Å²) in [6.45, 7) is 6.63. The van der Waals surface area contributed by atoms with Crippen LogP contribution < -0.4 is 14.9 Å². The van der Waals surface area contributed by atoms with Crippen LogP contribution in [-0.4, -0.2) is 69.7 Å². The topological polar surface area (TPSA) is 102 Å². The summed E-state index contributed by atoms with van der Waals surface area (Å²) in [6, 6.07) is 12.1. The number of rotatable bonds is 9. The number of likely N-dealkylation sites (tertiary alicyclic amines) is 1. The lowest BCUT2D eigenvalue weighted by molar-refractivity contribution is -0.137. The molecule has 0 bridgehead atoms. The Balaban J connectivity index is 1.34. The first-order valence-electron chi connectivity index (χ1n) is 14.8. The highest BCUT2D eigenvalue weighted by molar-refractivity contribution is 7.92. The van der Waals surface area contributed by atoms with Crippen molar-refractivity contribution < 1.29 is 31.5 Å². The smallest absolute Gasteiger partial charge is 0.391 e. The summed E-state index contributed by atoms with van der Waals surface area (Å²) in [4.78, 5) is 17.0. The standard InChI is InChI=1S/C31H39F3N4O4S/c1-2-43(41,42)36-18-22-13-15-37(19-22)30(40)24-7-5-23(6-8-24)29-27(16-21-4-3-14-35-17-21)28(39)20-38(29)26-11-9-25(10-12-26)31(32,33)34/h2,5-12,21-22,27-29,35-36,39H,1,3-4,13-20H2. The molecule has 2 aromatic rings. The number of aliphatic hydroxyl groups excluding tert-OH is 1. The lowest BCUT2D eigenvalue weighted by Crippen LogP contribution is -2.34. The summed E-state index contributed by atoms with van der Waals surface area (Å²) in [5, 5.41) is 15.5. The SMILES string of the molecule is C=CS(=O)(=O)NCC1CCN(C(=O)c2ccc(C3C(CC4CCCNC4)C(O)CN3c3ccc(C(F)(F)F)cc3)cc2)C1. The molecule has 5 atom stereocenters. The molecule has 0 radical (unpaired) electrons. The number of anilines is 1. The van der Waals surface area contributed by atoms with Crippen molar-refractivity contribution in [3.63, 3.8) is 0 Å². The van der Waals surface area contributed by atoms with Crippen molar-refractivity contribution in [2.75, 3.05) is 44.2 Å². The van der Waals surface area contributed by atoms with Crippen LogP contribution in [0.1, 0.15) is 53.2 Å². The highest BCUT2D eigenvalue weighted by Crippen LogP contribution is 2.45. The number of piperidine rings is 1. The van der Waals surface area contributed by atoms with Gasteiger partial charge in [0.25, 0.3) is 5.91 Å². The Bertz CT molecular complexity index is 1380. The molecule has 0 spiro atoms. The lowest BCUT2D eigenvalue weighted by Gasteiger charge is -2.33. The molecule has 5 rings (SSSR count). The molecule has 234 valence electrons. The van der Waals surface area contributed by atoms with Gasteiger partial charge in [0.2, 0.25) is 10.0 Å². The lowest BCUT2D eigenvalue weighted by atomic mass is 9.81. The Morgan fingerprint density at radius 2 is 1.79 bits per heavy atom. The van der Waals surface area contributed by atoms with Gasteiger partial charge in [0.1, 0.15) is 0 Å². The first kappa shape index (κ1) is 31.5. The van der Waals surface area contributed by atoms with E-state index >= 15 is 0 Å². The van der Waals surface area contributed by atoms with E-state index in [1.54, 1.807) is 17.0 Å². The van der Waals surface area contributed by atoms with Gasteiger partial charge in [-0.2, -0.15) is 13.2 Å². The van der Waals surface area contributed by atoms with E-state index in [2.05, 4.69) is 16.6 Å². The van der Waals surface area contributed by atoms with Crippen molar-refractivity contribution >= 4 is 21.6 Å². The average Bonchev–Trinajstić information content (AvgIpc) is 3.61. The minimum atomic E-state index is -4.43. The number of aliphatic hydroxyl groups is 1. The largest absolute Gasteiger partial charge is 0.416 e. The first-order chi connectivity index (χ1) is 20.4. The van der Waals surface area contributed by atoms with E-state index in [9.17, 15) is 31.5 Å². The van der Waals surface area contributed by atoms with E-state index < -0.39 is 27.9 Å². The molecule has 1 amide bonds. The fourth-order valence-electron chi connectivity index (χ4n) is 6.71. The molecule has 8 nitrogen and oxygen atoms in total. The number of alkyl halides is 3. The highest BCUT2D eigenvalue weighted by atomic mass is 32.2. The van der Waals surface area contributed by atoms with Gasteiger partial charge >= 0.3 is 6.18 Å². The van der Waals surface area contributed by atoms with E-state index in [1.165, 1.54) is 12.1 Å². The Morgan fingerprint density at radius 1 is 1.07 bits per heavy atom. The third kappa shape index (κ3) is 7.42. The van der Waals surface area contributed by atoms with Gasteiger partial charge in [-0.05, 0) is 92.6 Å². The van der Waals surface area contributed by atoms with Gasteiger partial charge in [-0.15, -0.1) is 0 Å². The maximum atomic E-state index is 13.3. The van der Waals surface area contributed by atoms with Crippen LogP contribution in [0.5, 0.6) is 0 Å². The van der Waals surface area contributed by atoms with Gasteiger partial charge in [0.05, 0.1) is 17.7 Å². The fraction of sp³-hybridized carbons (Fsp3) is 0.516. The first-order valence-corrected chi connectivity index (χ1v) is 16.3. The normalized spacial score (nSPS) is 26.6. The van der Waals surface area contributed by atoms with E-state index in [-0.39, 0.29) is 30.3 Å². The number of β-amino-alcohol motifs (C(OH)–C–C–N with tert-alkyl or cyclic N) is 1. The van der Waals surface area contributed by atoms with Gasteiger partial charge in [0, 0.05) is 48.8 Å². The van der Waals surface area contributed by atoms with Crippen LogP contribution in [0.4, 0.5) is 18.9 Å². The second-order valence-corrected chi connectivity index (χ2v) is 13.6. The van der Waals surface area contributed by atoms with Crippen molar-refractivity contribution in [2.45, 2.75) is 44.0 Å². The number of nitrogens with zero attached hydrogens (tertiary/aromatic N) is 2. The van der Waals surface area contributed by atoms with Crippen LogP contribution in [0.25, 0.3) is 0 Å². The molecule has 0 aliphatic carbocycles. The molecule has 2 aromatic carbocycles. The van der Waals surface area contributed by atoms with Gasteiger partial charge in [-0.25, -0.2) is 13.1 Å². The molecule has 3 aliphatic rings. The molecule has 43 heavy (non-hydrogen) atoms. The molecule has 3 saturated heterocycles. The molecule has 0 aromatic heterocycles. The van der Waals surface area contributed by atoms with Crippen molar-refractivity contribution in [3.8, 4) is 0 Å². The summed E-state index contributed by atoms with van der Waals surface area (Å²) >= 11 is 0. The number of sulfonamides is 1. The second-order valence-electron chi connectivity index (χ2n) is 11.9. The van der Waals surface area contributed by atoms with E-state index in [0.29, 0.717) is 43.2 Å². The Labute approximate surface area is 251 Å². The number of amides is 1. The molecule has 0 saturated carbocycles. The number of benzene rings is 2. The third-order valence-electron chi connectivity index (χ3n) is 9.01. The Hall–Kier alpha value is -2.93. The number of nitrogens with one attached hydrogen (secondary N) is 2. The summed E-state index contributed by atoms with van der Waals surface area (Å²) in [7, 11) is -3.53. The zero-order valence-corrected chi connectivity index (χ0v) is 24.8. The molecular weight excluding hydrogens is 581 g/mol. The van der Waals surface area contributed by atoms with Crippen LogP contribution in [-0.2, 0) is 16.2 Å². The van der Waals surface area contributed by atoms with Crippen LogP contribution in [0.2, 0.25) is 0 Å². The van der Waals surface area contributed by atoms with Gasteiger partial charge in [-0.3, -0.25) is 4.79 Å². The summed E-state index contributed by atoms with van der Waals surface area (Å²) in [5.41, 5.74) is 1.28. The fourth-order valence-corrected chi connectivity index (χ4v) is 7.29. The molecule has 5 unspecified atom stereocenters. The maximum absolute atomic E-state index is 13.3. The number of carbonyl (C=O) groups excluding carboxylic acids is 1. The third-order valence-corrected chi connectivity index (χ3v) is 10.0. The van der Waals surface area contributed by atoms with Crippen LogP contribution >= 0.6 is 0 Å². The number of hydrogen-bond acceptors (Lipinski definition) is 6. The predicted molar refractivity (Wildman–Crippen MR) is 159 cm³/mol. The van der Waals surface area contributed by atoms with Crippen molar-refractivity contribution in [3.05, 3.63) is 77.2 Å². The molecule has 3 N–H and O–H groups in total. The van der Waals surface area contributed by atoms with E-state index in [0.717, 1.165) is 55.5 Å². The highest BCUT2D eigenvalue weighted by Gasteiger charge is 2.43. The zero-order valence-electron chi connectivity index (χ0n) is 24.0. The van der Waals surface area contributed by atoms with Crippen molar-refractivity contribution in [1.29, 1.82) is 0 Å². The van der Waals surface area contributed by atoms with Gasteiger partial charge in [0.15, 0.2) is 0 Å². The molecule has 3 fully saturated rings. The monoisotopic (exact) mass is 620 g/mol. The number of hydrogen-bond donors (Lipinski definition) is 3. The Kier molecular flexibility index (Phi) is 9.50. The van der Waals surface area contributed by atoms with Gasteiger partial charge < -0.3 is 20.2 Å². The quantitative estimate of drug-likeness (QED) is 0.390. The summed E-state index contributed by atoms with van der Waals surface area (Å²) < 4.78 is 65.6.